The topological polar surface area (TPSA) is 43.4 Å². The average molecular weight is 259 g/mol. The van der Waals surface area contributed by atoms with Crippen LogP contribution in [0.1, 0.15) is 0 Å². The first-order valence-corrected chi connectivity index (χ1v) is 6.02. The Morgan fingerprint density at radius 2 is 2.00 bits per heavy atom. The number of ether oxygens (including phenoxy) is 1. The fraction of sp³-hybridized carbons (Fsp3) is 0.143. The van der Waals surface area contributed by atoms with Gasteiger partial charge in [-0.3, -0.25) is 0 Å². The smallest absolute Gasteiger partial charge is 0.265 e. The van der Waals surface area contributed by atoms with E-state index in [1.165, 1.54) is 7.11 Å². The minimum atomic E-state index is -4.07. The predicted octanol–water partition coefficient (Wildman–Crippen LogP) is 2.42. The molecule has 0 spiro atoms. The highest BCUT2D eigenvalue weighted by atomic mass is 35.7. The molecule has 78 valence electrons. The van der Waals surface area contributed by atoms with E-state index in [1.807, 2.05) is 0 Å². The second kappa shape index (κ2) is 3.92. The van der Waals surface area contributed by atoms with Crippen molar-refractivity contribution in [2.24, 2.45) is 0 Å². The van der Waals surface area contributed by atoms with E-state index in [-0.39, 0.29) is 10.8 Å². The van der Waals surface area contributed by atoms with Gasteiger partial charge in [-0.05, 0) is 12.1 Å². The van der Waals surface area contributed by atoms with E-state index in [9.17, 15) is 12.8 Å². The van der Waals surface area contributed by atoms with E-state index in [4.69, 9.17) is 27.0 Å². The highest BCUT2D eigenvalue weighted by Crippen LogP contribution is 2.34. The van der Waals surface area contributed by atoms with Gasteiger partial charge >= 0.3 is 0 Å². The van der Waals surface area contributed by atoms with E-state index in [0.29, 0.717) is 0 Å². The largest absolute Gasteiger partial charge is 0.494 e. The van der Waals surface area contributed by atoms with Crippen molar-refractivity contribution < 1.29 is 17.5 Å². The molecule has 0 unspecified atom stereocenters. The van der Waals surface area contributed by atoms with Crippen LogP contribution in [0.2, 0.25) is 5.02 Å². The summed E-state index contributed by atoms with van der Waals surface area (Å²) in [4.78, 5) is -0.480. The van der Waals surface area contributed by atoms with Crippen LogP contribution in [-0.4, -0.2) is 15.5 Å². The van der Waals surface area contributed by atoms with Crippen LogP contribution in [-0.2, 0) is 9.05 Å². The normalized spacial score (nSPS) is 11.4. The third kappa shape index (κ3) is 2.29. The monoisotopic (exact) mass is 258 g/mol. The number of rotatable bonds is 2. The van der Waals surface area contributed by atoms with Crippen molar-refractivity contribution in [2.45, 2.75) is 4.90 Å². The summed E-state index contributed by atoms with van der Waals surface area (Å²) in [6.07, 6.45) is 0. The Hall–Kier alpha value is -0.520. The van der Waals surface area contributed by atoms with E-state index in [0.717, 1.165) is 12.1 Å². The minimum absolute atomic E-state index is 0.147. The Morgan fingerprint density at radius 1 is 1.43 bits per heavy atom. The van der Waals surface area contributed by atoms with E-state index in [2.05, 4.69) is 0 Å². The molecule has 0 aliphatic heterocycles. The van der Waals surface area contributed by atoms with Gasteiger partial charge in [0.05, 0.1) is 12.1 Å². The lowest BCUT2D eigenvalue weighted by Crippen LogP contribution is -1.98. The van der Waals surface area contributed by atoms with Crippen LogP contribution in [0.3, 0.4) is 0 Å². The van der Waals surface area contributed by atoms with Crippen LogP contribution in [0.4, 0.5) is 4.39 Å². The van der Waals surface area contributed by atoms with Gasteiger partial charge in [0.15, 0.2) is 5.75 Å². The molecular formula is C7H5Cl2FO3S. The van der Waals surface area contributed by atoms with E-state index >= 15 is 0 Å². The summed E-state index contributed by atoms with van der Waals surface area (Å²) in [6.45, 7) is 0. The van der Waals surface area contributed by atoms with E-state index < -0.39 is 19.8 Å². The van der Waals surface area contributed by atoms with Crippen molar-refractivity contribution in [2.75, 3.05) is 7.11 Å². The lowest BCUT2D eigenvalue weighted by molar-refractivity contribution is 0.401. The van der Waals surface area contributed by atoms with Crippen molar-refractivity contribution >= 4 is 31.3 Å². The number of hydrogen-bond donors (Lipinski definition) is 0. The zero-order valence-electron chi connectivity index (χ0n) is 6.92. The molecule has 14 heavy (non-hydrogen) atoms. The van der Waals surface area contributed by atoms with Gasteiger partial charge in [-0.25, -0.2) is 12.8 Å². The quantitative estimate of drug-likeness (QED) is 0.766. The summed E-state index contributed by atoms with van der Waals surface area (Å²) in [6, 6.07) is 1.68. The molecule has 0 atom stereocenters. The minimum Gasteiger partial charge on any atom is -0.494 e. The molecule has 0 aliphatic rings. The molecule has 0 aromatic heterocycles. The summed E-state index contributed by atoms with van der Waals surface area (Å²) in [5.41, 5.74) is 0. The van der Waals surface area contributed by atoms with Crippen LogP contribution in [0.15, 0.2) is 17.0 Å². The van der Waals surface area contributed by atoms with Gasteiger partial charge in [-0.1, -0.05) is 11.6 Å². The fourth-order valence-electron chi connectivity index (χ4n) is 0.916. The first-order valence-electron chi connectivity index (χ1n) is 3.34. The molecule has 3 nitrogen and oxygen atoms in total. The van der Waals surface area contributed by atoms with Gasteiger partial charge in [0.1, 0.15) is 10.7 Å². The maximum atomic E-state index is 12.8. The van der Waals surface area contributed by atoms with Gasteiger partial charge in [-0.2, -0.15) is 0 Å². The Labute approximate surface area is 89.8 Å². The van der Waals surface area contributed by atoms with Crippen LogP contribution in [0.25, 0.3) is 0 Å². The second-order valence-corrected chi connectivity index (χ2v) is 5.30. The predicted molar refractivity (Wildman–Crippen MR) is 51.0 cm³/mol. The summed E-state index contributed by atoms with van der Waals surface area (Å²) < 4.78 is 39.5. The van der Waals surface area contributed by atoms with Crippen molar-refractivity contribution in [1.82, 2.24) is 0 Å². The molecule has 1 rings (SSSR count). The summed E-state index contributed by atoms with van der Waals surface area (Å²) in [5, 5.41) is -0.147. The maximum absolute atomic E-state index is 12.8. The van der Waals surface area contributed by atoms with Gasteiger partial charge in [0.2, 0.25) is 0 Å². The maximum Gasteiger partial charge on any atom is 0.265 e. The molecule has 0 saturated heterocycles. The number of halogens is 3. The summed E-state index contributed by atoms with van der Waals surface area (Å²) in [5.74, 6) is -0.960. The van der Waals surface area contributed by atoms with Gasteiger partial charge < -0.3 is 4.74 Å². The van der Waals surface area contributed by atoms with Gasteiger partial charge in [0.25, 0.3) is 9.05 Å². The Kier molecular flexibility index (Phi) is 3.24. The molecule has 0 fully saturated rings. The van der Waals surface area contributed by atoms with Crippen LogP contribution in [0, 0.1) is 5.82 Å². The van der Waals surface area contributed by atoms with Crippen molar-refractivity contribution in [3.05, 3.63) is 23.0 Å². The average Bonchev–Trinajstić information content (AvgIpc) is 2.01. The van der Waals surface area contributed by atoms with Gasteiger partial charge in [-0.15, -0.1) is 0 Å². The Balaban J connectivity index is 3.56. The molecular weight excluding hydrogens is 254 g/mol. The number of hydrogen-bond acceptors (Lipinski definition) is 3. The number of benzene rings is 1. The van der Waals surface area contributed by atoms with Gasteiger partial charge in [0, 0.05) is 10.7 Å². The van der Waals surface area contributed by atoms with Crippen molar-refractivity contribution in [1.29, 1.82) is 0 Å². The fourth-order valence-corrected chi connectivity index (χ4v) is 2.27. The lowest BCUT2D eigenvalue weighted by Gasteiger charge is -2.07. The first kappa shape index (κ1) is 11.6. The molecule has 0 aliphatic carbocycles. The zero-order chi connectivity index (χ0) is 10.9. The summed E-state index contributed by atoms with van der Waals surface area (Å²) in [7, 11) is 2.20. The molecule has 0 bridgehead atoms. The lowest BCUT2D eigenvalue weighted by atomic mass is 10.3. The first-order chi connectivity index (χ1) is 6.36. The SMILES string of the molecule is COc1c(Cl)cc(F)cc1S(=O)(=O)Cl. The highest BCUT2D eigenvalue weighted by molar-refractivity contribution is 8.13. The van der Waals surface area contributed by atoms with E-state index in [1.54, 1.807) is 0 Å². The standard InChI is InChI=1S/C7H5Cl2FO3S/c1-13-7-5(8)2-4(10)3-6(7)14(9,11)12/h2-3H,1H3. The molecule has 0 radical (unpaired) electrons. The summed E-state index contributed by atoms with van der Waals surface area (Å²) >= 11 is 5.55. The molecule has 0 N–H and O–H groups in total. The molecule has 7 heteroatoms. The third-order valence-electron chi connectivity index (χ3n) is 1.44. The second-order valence-electron chi connectivity index (χ2n) is 2.36. The molecule has 1 aromatic carbocycles. The third-order valence-corrected chi connectivity index (χ3v) is 3.05. The highest BCUT2D eigenvalue weighted by Gasteiger charge is 2.20. The molecule has 0 heterocycles. The molecule has 1 aromatic rings. The Morgan fingerprint density at radius 3 is 2.43 bits per heavy atom. The Bertz CT molecular complexity index is 458. The van der Waals surface area contributed by atoms with Crippen molar-refractivity contribution in [3.63, 3.8) is 0 Å². The van der Waals surface area contributed by atoms with Crippen LogP contribution < -0.4 is 4.74 Å². The molecule has 0 saturated carbocycles. The molecule has 0 amide bonds. The van der Waals surface area contributed by atoms with Crippen LogP contribution >= 0.6 is 22.3 Å². The van der Waals surface area contributed by atoms with Crippen LogP contribution in [0.5, 0.6) is 5.75 Å². The number of methoxy groups -OCH3 is 1. The van der Waals surface area contributed by atoms with Crippen molar-refractivity contribution in [3.8, 4) is 5.75 Å². The zero-order valence-corrected chi connectivity index (χ0v) is 9.25.